The zero-order valence-electron chi connectivity index (χ0n) is 18.8. The normalized spacial score (nSPS) is 15.1. The van der Waals surface area contributed by atoms with Crippen molar-refractivity contribution in [3.8, 4) is 0 Å². The van der Waals surface area contributed by atoms with Gasteiger partial charge in [-0.2, -0.15) is 4.31 Å². The van der Waals surface area contributed by atoms with E-state index >= 15 is 0 Å². The van der Waals surface area contributed by atoms with Crippen molar-refractivity contribution in [1.82, 2.24) is 19.3 Å². The number of piperazine rings is 1. The Kier molecular flexibility index (Phi) is 6.12. The van der Waals surface area contributed by atoms with Gasteiger partial charge in [0.15, 0.2) is 0 Å². The van der Waals surface area contributed by atoms with Crippen LogP contribution in [0.4, 0.5) is 17.5 Å². The van der Waals surface area contributed by atoms with Crippen molar-refractivity contribution in [3.05, 3.63) is 65.1 Å². The molecule has 1 fully saturated rings. The number of anilines is 3. The number of pyridine rings is 1. The van der Waals surface area contributed by atoms with E-state index in [2.05, 4.69) is 25.2 Å². The maximum Gasteiger partial charge on any atom is 0.243 e. The predicted molar refractivity (Wildman–Crippen MR) is 126 cm³/mol. The summed E-state index contributed by atoms with van der Waals surface area (Å²) in [6.45, 7) is 9.53. The first-order chi connectivity index (χ1) is 15.2. The maximum atomic E-state index is 13.2. The van der Waals surface area contributed by atoms with Crippen LogP contribution in [0.2, 0.25) is 0 Å². The van der Waals surface area contributed by atoms with Crippen molar-refractivity contribution in [2.45, 2.75) is 32.6 Å². The molecule has 0 bridgehead atoms. The van der Waals surface area contributed by atoms with Gasteiger partial charge in [0.05, 0.1) is 4.90 Å². The van der Waals surface area contributed by atoms with Gasteiger partial charge in [0.1, 0.15) is 23.3 Å². The molecular formula is C23H28N6O2S. The molecule has 0 saturated carbocycles. The van der Waals surface area contributed by atoms with Crippen LogP contribution in [0.15, 0.2) is 47.5 Å². The second-order valence-corrected chi connectivity index (χ2v) is 10.1. The summed E-state index contributed by atoms with van der Waals surface area (Å²) in [5.74, 6) is 2.80. The van der Waals surface area contributed by atoms with E-state index in [1.807, 2.05) is 58.0 Å². The number of benzene rings is 1. The van der Waals surface area contributed by atoms with E-state index < -0.39 is 10.0 Å². The van der Waals surface area contributed by atoms with Gasteiger partial charge < -0.3 is 10.2 Å². The quantitative estimate of drug-likeness (QED) is 0.635. The first-order valence-corrected chi connectivity index (χ1v) is 12.0. The van der Waals surface area contributed by atoms with Crippen LogP contribution in [0.5, 0.6) is 0 Å². The fraction of sp³-hybridized carbons (Fsp3) is 0.348. The number of nitrogens with zero attached hydrogens (tertiary/aromatic N) is 5. The molecule has 1 saturated heterocycles. The first kappa shape index (κ1) is 22.2. The second kappa shape index (κ2) is 8.84. The van der Waals surface area contributed by atoms with Crippen LogP contribution in [0.3, 0.4) is 0 Å². The third-order valence-corrected chi connectivity index (χ3v) is 7.56. The lowest BCUT2D eigenvalue weighted by Crippen LogP contribution is -2.49. The minimum atomic E-state index is -3.53. The van der Waals surface area contributed by atoms with Crippen molar-refractivity contribution < 1.29 is 8.42 Å². The molecule has 0 atom stereocenters. The first-order valence-electron chi connectivity index (χ1n) is 10.6. The molecule has 0 unspecified atom stereocenters. The Labute approximate surface area is 189 Å². The molecule has 168 valence electrons. The molecule has 3 heterocycles. The molecule has 4 rings (SSSR count). The zero-order chi connectivity index (χ0) is 22.9. The molecule has 1 aromatic carbocycles. The van der Waals surface area contributed by atoms with Crippen LogP contribution >= 0.6 is 0 Å². The Morgan fingerprint density at radius 1 is 0.844 bits per heavy atom. The molecule has 0 aliphatic carbocycles. The molecule has 32 heavy (non-hydrogen) atoms. The van der Waals surface area contributed by atoms with Crippen LogP contribution in [0, 0.1) is 27.7 Å². The van der Waals surface area contributed by atoms with Crippen molar-refractivity contribution in [1.29, 1.82) is 0 Å². The molecule has 3 aromatic rings. The average Bonchev–Trinajstić information content (AvgIpc) is 2.75. The fourth-order valence-electron chi connectivity index (χ4n) is 3.80. The Morgan fingerprint density at radius 3 is 2.28 bits per heavy atom. The molecule has 8 nitrogen and oxygen atoms in total. The molecule has 1 aliphatic rings. The van der Waals surface area contributed by atoms with Gasteiger partial charge in [-0.05, 0) is 62.6 Å². The fourth-order valence-corrected chi connectivity index (χ4v) is 5.53. The van der Waals surface area contributed by atoms with E-state index in [4.69, 9.17) is 0 Å². The van der Waals surface area contributed by atoms with Crippen LogP contribution in [-0.2, 0) is 10.0 Å². The van der Waals surface area contributed by atoms with E-state index in [-0.39, 0.29) is 0 Å². The summed E-state index contributed by atoms with van der Waals surface area (Å²) >= 11 is 0. The summed E-state index contributed by atoms with van der Waals surface area (Å²) < 4.78 is 28.0. The van der Waals surface area contributed by atoms with Gasteiger partial charge in [-0.15, -0.1) is 0 Å². The molecule has 9 heteroatoms. The van der Waals surface area contributed by atoms with E-state index in [1.165, 1.54) is 0 Å². The smallest absolute Gasteiger partial charge is 0.243 e. The largest absolute Gasteiger partial charge is 0.354 e. The predicted octanol–water partition coefficient (Wildman–Crippen LogP) is 3.36. The number of aromatic nitrogens is 3. The van der Waals surface area contributed by atoms with Gasteiger partial charge in [0, 0.05) is 38.4 Å². The third kappa shape index (κ3) is 4.73. The zero-order valence-corrected chi connectivity index (χ0v) is 19.6. The van der Waals surface area contributed by atoms with Crippen molar-refractivity contribution in [2.75, 3.05) is 36.4 Å². The minimum absolute atomic E-state index is 0.390. The van der Waals surface area contributed by atoms with Gasteiger partial charge in [0.25, 0.3) is 0 Å². The molecule has 1 N–H and O–H groups in total. The lowest BCUT2D eigenvalue weighted by molar-refractivity contribution is 0.383. The highest BCUT2D eigenvalue weighted by Gasteiger charge is 2.30. The number of hydrogen-bond acceptors (Lipinski definition) is 7. The highest BCUT2D eigenvalue weighted by atomic mass is 32.2. The lowest BCUT2D eigenvalue weighted by atomic mass is 10.2. The van der Waals surface area contributed by atoms with Gasteiger partial charge >= 0.3 is 0 Å². The highest BCUT2D eigenvalue weighted by molar-refractivity contribution is 7.89. The minimum Gasteiger partial charge on any atom is -0.354 e. The Morgan fingerprint density at radius 2 is 1.56 bits per heavy atom. The maximum absolute atomic E-state index is 13.2. The van der Waals surface area contributed by atoms with E-state index in [9.17, 15) is 8.42 Å². The third-order valence-electron chi connectivity index (χ3n) is 5.52. The van der Waals surface area contributed by atoms with Gasteiger partial charge in [-0.3, -0.25) is 0 Å². The molecule has 0 spiro atoms. The summed E-state index contributed by atoms with van der Waals surface area (Å²) in [4.78, 5) is 15.9. The summed E-state index contributed by atoms with van der Waals surface area (Å²) in [5.41, 5.74) is 2.81. The number of hydrogen-bond donors (Lipinski definition) is 1. The summed E-state index contributed by atoms with van der Waals surface area (Å²) in [6.07, 6.45) is 1.75. The number of sulfonamides is 1. The summed E-state index contributed by atoms with van der Waals surface area (Å²) in [5, 5.41) is 3.24. The number of aryl methyl sites for hydroxylation is 4. The number of rotatable bonds is 5. The Balaban J connectivity index is 1.49. The lowest BCUT2D eigenvalue weighted by Gasteiger charge is -2.35. The summed E-state index contributed by atoms with van der Waals surface area (Å²) in [6, 6.07) is 11.3. The van der Waals surface area contributed by atoms with E-state index in [1.54, 1.807) is 16.6 Å². The van der Waals surface area contributed by atoms with Gasteiger partial charge in [-0.25, -0.2) is 23.4 Å². The van der Waals surface area contributed by atoms with Gasteiger partial charge in [-0.1, -0.05) is 12.1 Å². The Bertz CT molecular complexity index is 1240. The second-order valence-electron chi connectivity index (χ2n) is 8.16. The standard InChI is InChI=1S/C23H28N6O2S/c1-16-5-6-18(3)20(13-16)32(30,31)29-11-9-28(10-12-29)23-15-22(25-19(4)26-23)27-21-14-17(2)7-8-24-21/h5-8,13-15H,9-12H2,1-4H3,(H,24,25,26,27). The van der Waals surface area contributed by atoms with Crippen LogP contribution in [0.25, 0.3) is 0 Å². The molecule has 0 amide bonds. The molecule has 1 aliphatic heterocycles. The van der Waals surface area contributed by atoms with Crippen molar-refractivity contribution >= 4 is 27.5 Å². The van der Waals surface area contributed by atoms with Crippen molar-refractivity contribution in [2.24, 2.45) is 0 Å². The monoisotopic (exact) mass is 452 g/mol. The molecular weight excluding hydrogens is 424 g/mol. The molecule has 2 aromatic heterocycles. The SMILES string of the molecule is Cc1ccnc(Nc2cc(N3CCN(S(=O)(=O)c4cc(C)ccc4C)CC3)nc(C)n2)c1. The Hall–Kier alpha value is -3.04. The van der Waals surface area contributed by atoms with Crippen LogP contribution < -0.4 is 10.2 Å². The van der Waals surface area contributed by atoms with Crippen LogP contribution in [-0.4, -0.2) is 53.9 Å². The van der Waals surface area contributed by atoms with Crippen molar-refractivity contribution in [3.63, 3.8) is 0 Å². The average molecular weight is 453 g/mol. The van der Waals surface area contributed by atoms with E-state index in [0.717, 1.165) is 28.3 Å². The van der Waals surface area contributed by atoms with Crippen LogP contribution in [0.1, 0.15) is 22.5 Å². The highest BCUT2D eigenvalue weighted by Crippen LogP contribution is 2.25. The topological polar surface area (TPSA) is 91.3 Å². The molecule has 0 radical (unpaired) electrons. The summed E-state index contributed by atoms with van der Waals surface area (Å²) in [7, 11) is -3.53. The van der Waals surface area contributed by atoms with E-state index in [0.29, 0.717) is 42.7 Å². The van der Waals surface area contributed by atoms with Gasteiger partial charge in [0.2, 0.25) is 10.0 Å². The number of nitrogens with one attached hydrogen (secondary N) is 1.